The van der Waals surface area contributed by atoms with Gasteiger partial charge in [-0.25, -0.2) is 0 Å². The Balaban J connectivity index is 1.22. The number of hydrogen-bond donors (Lipinski definition) is 0. The lowest BCUT2D eigenvalue weighted by atomic mass is 9.99. The summed E-state index contributed by atoms with van der Waals surface area (Å²) in [5.74, 6) is 2.04. The molecule has 1 fully saturated rings. The Labute approximate surface area is 180 Å². The molecule has 152 valence electrons. The van der Waals surface area contributed by atoms with Crippen LogP contribution in [0.4, 0.5) is 0 Å². The van der Waals surface area contributed by atoms with Crippen LogP contribution in [0.3, 0.4) is 0 Å². The molecule has 0 aliphatic carbocycles. The third-order valence-corrected chi connectivity index (χ3v) is 6.19. The minimum absolute atomic E-state index is 0.168. The van der Waals surface area contributed by atoms with Gasteiger partial charge in [0.25, 0.3) is 0 Å². The summed E-state index contributed by atoms with van der Waals surface area (Å²) < 4.78 is 11.0. The van der Waals surface area contributed by atoms with Crippen LogP contribution in [0.25, 0.3) is 10.8 Å². The second kappa shape index (κ2) is 8.13. The van der Waals surface area contributed by atoms with E-state index in [9.17, 15) is 4.79 Å². The zero-order chi connectivity index (χ0) is 20.5. The van der Waals surface area contributed by atoms with E-state index in [0.717, 1.165) is 47.4 Å². The molecule has 5 rings (SSSR count). The third-order valence-electron chi connectivity index (χ3n) is 5.94. The van der Waals surface area contributed by atoms with Gasteiger partial charge in [-0.05, 0) is 65.6 Å². The van der Waals surface area contributed by atoms with E-state index in [1.54, 1.807) is 0 Å². The first kappa shape index (κ1) is 19.2. The molecule has 3 aromatic carbocycles. The topological polar surface area (TPSA) is 38.8 Å². The number of Topliss-reactive ketones (excluding diaryl/α,β-unsaturated/α-hetero) is 1. The zero-order valence-corrected chi connectivity index (χ0v) is 17.3. The van der Waals surface area contributed by atoms with Gasteiger partial charge in [0, 0.05) is 30.1 Å². The highest BCUT2D eigenvalue weighted by Crippen LogP contribution is 2.35. The van der Waals surface area contributed by atoms with Gasteiger partial charge in [-0.1, -0.05) is 35.9 Å². The normalized spacial score (nSPS) is 18.1. The summed E-state index contributed by atoms with van der Waals surface area (Å²) in [6.07, 6.45) is 4.66. The Hall–Kier alpha value is -2.82. The molecule has 2 aliphatic rings. The molecular weight excluding hydrogens is 398 g/mol. The summed E-state index contributed by atoms with van der Waals surface area (Å²) >= 11 is 6.00. The first-order valence-corrected chi connectivity index (χ1v) is 10.6. The Morgan fingerprint density at radius 1 is 0.967 bits per heavy atom. The molecule has 5 heteroatoms. The van der Waals surface area contributed by atoms with E-state index >= 15 is 0 Å². The number of ether oxygens (including phenoxy) is 2. The summed E-state index contributed by atoms with van der Waals surface area (Å²) in [4.78, 5) is 15.2. The zero-order valence-electron chi connectivity index (χ0n) is 16.5. The Bertz CT molecular complexity index is 1120. The summed E-state index contributed by atoms with van der Waals surface area (Å²) in [7, 11) is 0. The molecule has 0 amide bonds. The summed E-state index contributed by atoms with van der Waals surface area (Å²) in [6.45, 7) is 2.80. The first-order valence-electron chi connectivity index (χ1n) is 10.2. The molecular formula is C25H22ClNO3. The van der Waals surface area contributed by atoms with E-state index in [0.29, 0.717) is 23.8 Å². The van der Waals surface area contributed by atoms with Gasteiger partial charge in [-0.3, -0.25) is 4.79 Å². The fraction of sp³-hybridized carbons (Fsp3) is 0.240. The molecule has 0 saturated carbocycles. The number of ketones is 1. The van der Waals surface area contributed by atoms with Crippen LogP contribution in [0, 0.1) is 0 Å². The average molecular weight is 420 g/mol. The van der Waals surface area contributed by atoms with Crippen molar-refractivity contribution >= 4 is 28.2 Å². The predicted octanol–water partition coefficient (Wildman–Crippen LogP) is 5.80. The van der Waals surface area contributed by atoms with Crippen molar-refractivity contribution in [3.63, 3.8) is 0 Å². The highest BCUT2D eigenvalue weighted by molar-refractivity contribution is 6.30. The van der Waals surface area contributed by atoms with Crippen molar-refractivity contribution < 1.29 is 14.3 Å². The maximum Gasteiger partial charge on any atom is 0.169 e. The monoisotopic (exact) mass is 419 g/mol. The molecule has 0 bridgehead atoms. The first-order chi connectivity index (χ1) is 14.7. The van der Waals surface area contributed by atoms with Crippen molar-refractivity contribution in [3.8, 4) is 11.5 Å². The molecule has 0 N–H and O–H groups in total. The number of nitrogens with zero attached hydrogens (tertiary/aromatic N) is 1. The van der Waals surface area contributed by atoms with Crippen LogP contribution in [0.15, 0.2) is 67.1 Å². The molecule has 0 spiro atoms. The van der Waals surface area contributed by atoms with Gasteiger partial charge < -0.3 is 14.4 Å². The quantitative estimate of drug-likeness (QED) is 0.490. The molecule has 30 heavy (non-hydrogen) atoms. The maximum atomic E-state index is 12.8. The highest BCUT2D eigenvalue weighted by Gasteiger charge is 2.24. The van der Waals surface area contributed by atoms with Crippen LogP contribution in [-0.2, 0) is 0 Å². The van der Waals surface area contributed by atoms with Crippen molar-refractivity contribution in [2.24, 2.45) is 0 Å². The summed E-state index contributed by atoms with van der Waals surface area (Å²) in [6, 6.07) is 17.8. The van der Waals surface area contributed by atoms with Gasteiger partial charge in [-0.15, -0.1) is 0 Å². The fourth-order valence-corrected chi connectivity index (χ4v) is 4.39. The molecule has 1 unspecified atom stereocenters. The van der Waals surface area contributed by atoms with E-state index in [4.69, 9.17) is 21.1 Å². The number of carbonyl (C=O) groups is 1. The standard InChI is InChI=1S/C25H22ClNO3/c26-22-5-3-17(4-6-22)20-7-9-27(16-20)10-8-23(28)19-2-1-18-14-24-25(15-21(18)13-19)30-12-11-29-24/h1-6,11-15,20H,7-10,16H2. The Morgan fingerprint density at radius 3 is 2.47 bits per heavy atom. The third kappa shape index (κ3) is 3.93. The molecule has 1 atom stereocenters. The van der Waals surface area contributed by atoms with Crippen LogP contribution < -0.4 is 9.47 Å². The van der Waals surface area contributed by atoms with Gasteiger partial charge in [-0.2, -0.15) is 0 Å². The minimum Gasteiger partial charge on any atom is -0.458 e. The lowest BCUT2D eigenvalue weighted by Crippen LogP contribution is -2.23. The van der Waals surface area contributed by atoms with Crippen LogP contribution in [0.5, 0.6) is 11.5 Å². The lowest BCUT2D eigenvalue weighted by Gasteiger charge is -2.16. The van der Waals surface area contributed by atoms with Gasteiger partial charge in [0.15, 0.2) is 17.3 Å². The average Bonchev–Trinajstić information content (AvgIpc) is 3.25. The minimum atomic E-state index is 0.168. The lowest BCUT2D eigenvalue weighted by molar-refractivity contribution is 0.0969. The van der Waals surface area contributed by atoms with E-state index in [-0.39, 0.29) is 5.78 Å². The smallest absolute Gasteiger partial charge is 0.169 e. The van der Waals surface area contributed by atoms with Crippen molar-refractivity contribution in [2.45, 2.75) is 18.8 Å². The maximum absolute atomic E-state index is 12.8. The second-order valence-corrected chi connectivity index (χ2v) is 8.32. The highest BCUT2D eigenvalue weighted by atomic mass is 35.5. The number of halogens is 1. The summed E-state index contributed by atoms with van der Waals surface area (Å²) in [5.41, 5.74) is 2.07. The molecule has 1 saturated heterocycles. The molecule has 3 aromatic rings. The number of fused-ring (bicyclic) bond motifs is 2. The molecule has 2 heterocycles. The predicted molar refractivity (Wildman–Crippen MR) is 119 cm³/mol. The van der Waals surface area contributed by atoms with Gasteiger partial charge >= 0.3 is 0 Å². The van der Waals surface area contributed by atoms with Crippen LogP contribution in [-0.4, -0.2) is 30.3 Å². The molecule has 2 aliphatic heterocycles. The van der Waals surface area contributed by atoms with Crippen molar-refractivity contribution in [3.05, 3.63) is 83.3 Å². The Kier molecular flexibility index (Phi) is 5.19. The van der Waals surface area contributed by atoms with Gasteiger partial charge in [0.2, 0.25) is 0 Å². The SMILES string of the molecule is O=C(CCN1CCC(c2ccc(Cl)cc2)C1)c1ccc2cc3c(cc2c1)OC=CO3. The van der Waals surface area contributed by atoms with E-state index < -0.39 is 0 Å². The largest absolute Gasteiger partial charge is 0.458 e. The van der Waals surface area contributed by atoms with Crippen LogP contribution in [0.2, 0.25) is 5.02 Å². The number of likely N-dealkylation sites (tertiary alicyclic amines) is 1. The number of benzene rings is 3. The number of hydrogen-bond acceptors (Lipinski definition) is 4. The van der Waals surface area contributed by atoms with Crippen LogP contribution >= 0.6 is 11.6 Å². The van der Waals surface area contributed by atoms with Gasteiger partial charge in [0.1, 0.15) is 12.5 Å². The molecule has 0 radical (unpaired) electrons. The van der Waals surface area contributed by atoms with E-state index in [2.05, 4.69) is 17.0 Å². The van der Waals surface area contributed by atoms with Gasteiger partial charge in [0.05, 0.1) is 0 Å². The van der Waals surface area contributed by atoms with E-state index in [1.165, 1.54) is 18.1 Å². The molecule has 0 aromatic heterocycles. The van der Waals surface area contributed by atoms with Crippen molar-refractivity contribution in [1.82, 2.24) is 4.90 Å². The van der Waals surface area contributed by atoms with Crippen molar-refractivity contribution in [2.75, 3.05) is 19.6 Å². The fourth-order valence-electron chi connectivity index (χ4n) is 4.26. The molecule has 4 nitrogen and oxygen atoms in total. The summed E-state index contributed by atoms with van der Waals surface area (Å²) in [5, 5.41) is 2.77. The van der Waals surface area contributed by atoms with Crippen molar-refractivity contribution in [1.29, 1.82) is 0 Å². The number of carbonyl (C=O) groups excluding carboxylic acids is 1. The van der Waals surface area contributed by atoms with E-state index in [1.807, 2.05) is 42.5 Å². The van der Waals surface area contributed by atoms with Crippen LogP contribution in [0.1, 0.15) is 34.7 Å². The number of rotatable bonds is 5. The Morgan fingerprint density at radius 2 is 1.70 bits per heavy atom. The second-order valence-electron chi connectivity index (χ2n) is 7.88.